The summed E-state index contributed by atoms with van der Waals surface area (Å²) >= 11 is 0. The van der Waals surface area contributed by atoms with Gasteiger partial charge in [-0.05, 0) is 25.7 Å². The molecule has 0 N–H and O–H groups in total. The van der Waals surface area contributed by atoms with Gasteiger partial charge in [-0.15, -0.1) is 0 Å². The molecule has 2 nitrogen and oxygen atoms in total. The maximum absolute atomic E-state index is 10.7. The van der Waals surface area contributed by atoms with Crippen molar-refractivity contribution in [2.75, 3.05) is 0 Å². The van der Waals surface area contributed by atoms with Gasteiger partial charge in [0, 0.05) is 6.92 Å². The van der Waals surface area contributed by atoms with E-state index in [9.17, 15) is 4.79 Å². The third-order valence-electron chi connectivity index (χ3n) is 2.28. The smallest absolute Gasteiger partial charge is 0.302 e. The lowest BCUT2D eigenvalue weighted by Crippen LogP contribution is -2.20. The van der Waals surface area contributed by atoms with Crippen molar-refractivity contribution in [2.24, 2.45) is 5.92 Å². The first kappa shape index (κ1) is 13.2. The van der Waals surface area contributed by atoms with E-state index in [0.29, 0.717) is 5.92 Å². The molecule has 0 aromatic rings. The van der Waals surface area contributed by atoms with Crippen LogP contribution in [0.2, 0.25) is 0 Å². The number of esters is 1. The van der Waals surface area contributed by atoms with Gasteiger partial charge in [0.25, 0.3) is 0 Å². The molecule has 0 aliphatic carbocycles. The first-order valence-electron chi connectivity index (χ1n) is 5.40. The van der Waals surface area contributed by atoms with Crippen LogP contribution in [0.1, 0.15) is 47.0 Å². The lowest BCUT2D eigenvalue weighted by molar-refractivity contribution is -0.147. The Hall–Kier alpha value is -0.790. The normalized spacial score (nSPS) is 15.4. The van der Waals surface area contributed by atoms with E-state index in [0.717, 1.165) is 12.8 Å². The molecule has 0 aliphatic rings. The van der Waals surface area contributed by atoms with Gasteiger partial charge in [-0.3, -0.25) is 4.79 Å². The summed E-state index contributed by atoms with van der Waals surface area (Å²) in [6.45, 7) is 7.66. The van der Waals surface area contributed by atoms with Crippen molar-refractivity contribution >= 4 is 5.97 Å². The third-order valence-corrected chi connectivity index (χ3v) is 2.28. The van der Waals surface area contributed by atoms with Gasteiger partial charge in [-0.2, -0.15) is 0 Å². The molecule has 0 aliphatic heterocycles. The summed E-state index contributed by atoms with van der Waals surface area (Å²) in [6, 6.07) is 0. The minimum Gasteiger partial charge on any atom is -0.463 e. The molecule has 2 atom stereocenters. The molecule has 0 bridgehead atoms. The molecule has 0 rings (SSSR count). The maximum atomic E-state index is 10.7. The van der Waals surface area contributed by atoms with Crippen LogP contribution < -0.4 is 0 Å². The van der Waals surface area contributed by atoms with E-state index in [1.807, 2.05) is 6.92 Å². The Morgan fingerprint density at radius 2 is 2.00 bits per heavy atom. The van der Waals surface area contributed by atoms with Crippen LogP contribution in [-0.2, 0) is 9.53 Å². The molecular formula is C12H22O2. The highest BCUT2D eigenvalue weighted by Crippen LogP contribution is 2.12. The van der Waals surface area contributed by atoms with Gasteiger partial charge in [0.05, 0.1) is 0 Å². The number of hydrogen-bond donors (Lipinski definition) is 0. The monoisotopic (exact) mass is 198 g/mol. The number of carbonyl (C=O) groups is 1. The number of carbonyl (C=O) groups excluding carboxylic acids is 1. The first-order valence-corrected chi connectivity index (χ1v) is 5.40. The molecule has 0 saturated heterocycles. The van der Waals surface area contributed by atoms with E-state index in [1.165, 1.54) is 13.3 Å². The number of rotatable bonds is 6. The summed E-state index contributed by atoms with van der Waals surface area (Å²) < 4.78 is 5.10. The number of unbranched alkanes of at least 4 members (excludes halogenated alkanes) is 1. The van der Waals surface area contributed by atoms with Gasteiger partial charge >= 0.3 is 5.97 Å². The van der Waals surface area contributed by atoms with Gasteiger partial charge in [0.15, 0.2) is 0 Å². The van der Waals surface area contributed by atoms with Crippen molar-refractivity contribution in [3.8, 4) is 0 Å². The fourth-order valence-corrected chi connectivity index (χ4v) is 1.16. The number of allylic oxidation sites excluding steroid dienone is 2. The first-order chi connectivity index (χ1) is 6.57. The van der Waals surface area contributed by atoms with Gasteiger partial charge in [-0.1, -0.05) is 32.4 Å². The van der Waals surface area contributed by atoms with Crippen LogP contribution in [0.3, 0.4) is 0 Å². The van der Waals surface area contributed by atoms with Gasteiger partial charge in [-0.25, -0.2) is 0 Å². The molecule has 0 spiro atoms. The van der Waals surface area contributed by atoms with Crippen LogP contribution in [-0.4, -0.2) is 12.1 Å². The summed E-state index contributed by atoms with van der Waals surface area (Å²) in [7, 11) is 0. The van der Waals surface area contributed by atoms with Crippen LogP contribution in [0.15, 0.2) is 12.2 Å². The third kappa shape index (κ3) is 6.70. The van der Waals surface area contributed by atoms with Crippen molar-refractivity contribution in [2.45, 2.75) is 53.1 Å². The second-order valence-corrected chi connectivity index (χ2v) is 3.79. The zero-order valence-corrected chi connectivity index (χ0v) is 9.75. The van der Waals surface area contributed by atoms with Crippen LogP contribution in [0.4, 0.5) is 0 Å². The zero-order valence-electron chi connectivity index (χ0n) is 9.75. The van der Waals surface area contributed by atoms with Gasteiger partial charge < -0.3 is 4.74 Å². The molecule has 0 radical (unpaired) electrons. The van der Waals surface area contributed by atoms with E-state index in [4.69, 9.17) is 4.74 Å². The molecular weight excluding hydrogens is 176 g/mol. The van der Waals surface area contributed by atoms with E-state index in [1.54, 1.807) is 0 Å². The van der Waals surface area contributed by atoms with Crippen LogP contribution in [0.5, 0.6) is 0 Å². The topological polar surface area (TPSA) is 26.3 Å². The highest BCUT2D eigenvalue weighted by atomic mass is 16.5. The lowest BCUT2D eigenvalue weighted by Gasteiger charge is -2.17. The molecule has 2 unspecified atom stereocenters. The summed E-state index contributed by atoms with van der Waals surface area (Å²) in [6.07, 6.45) is 7.68. The largest absolute Gasteiger partial charge is 0.463 e. The molecule has 14 heavy (non-hydrogen) atoms. The number of ether oxygens (including phenoxy) is 1. The molecule has 0 heterocycles. The van der Waals surface area contributed by atoms with Crippen molar-refractivity contribution in [3.05, 3.63) is 12.2 Å². The second kappa shape index (κ2) is 7.60. The van der Waals surface area contributed by atoms with E-state index in [-0.39, 0.29) is 12.1 Å². The molecule has 82 valence electrons. The summed E-state index contributed by atoms with van der Waals surface area (Å²) in [4.78, 5) is 10.7. The molecule has 0 amide bonds. The van der Waals surface area contributed by atoms with Crippen molar-refractivity contribution in [1.82, 2.24) is 0 Å². The van der Waals surface area contributed by atoms with E-state index >= 15 is 0 Å². The van der Waals surface area contributed by atoms with E-state index in [2.05, 4.69) is 26.0 Å². The van der Waals surface area contributed by atoms with Crippen LogP contribution >= 0.6 is 0 Å². The average Bonchev–Trinajstić information content (AvgIpc) is 2.11. The highest BCUT2D eigenvalue weighted by molar-refractivity contribution is 5.66. The van der Waals surface area contributed by atoms with Crippen molar-refractivity contribution in [3.63, 3.8) is 0 Å². The molecule has 0 saturated carbocycles. The standard InChI is InChI=1S/C12H22O2/c1-5-6-7-8-9-10(2)11(3)14-12(4)13/h7-8,10-11H,5-6,9H2,1-4H3. The van der Waals surface area contributed by atoms with E-state index < -0.39 is 0 Å². The van der Waals surface area contributed by atoms with Crippen molar-refractivity contribution in [1.29, 1.82) is 0 Å². The molecule has 0 aromatic carbocycles. The Morgan fingerprint density at radius 3 is 2.50 bits per heavy atom. The summed E-state index contributed by atoms with van der Waals surface area (Å²) in [5.74, 6) is 0.203. The predicted molar refractivity (Wildman–Crippen MR) is 59.1 cm³/mol. The maximum Gasteiger partial charge on any atom is 0.302 e. The Labute approximate surface area is 87.3 Å². The Morgan fingerprint density at radius 1 is 1.36 bits per heavy atom. The molecule has 0 aromatic heterocycles. The highest BCUT2D eigenvalue weighted by Gasteiger charge is 2.12. The minimum atomic E-state index is -0.193. The Balaban J connectivity index is 3.71. The zero-order chi connectivity index (χ0) is 11.0. The fourth-order valence-electron chi connectivity index (χ4n) is 1.16. The SMILES string of the molecule is CCCC=CCC(C)C(C)OC(C)=O. The minimum absolute atomic E-state index is 0.0128. The molecule has 0 fully saturated rings. The van der Waals surface area contributed by atoms with Gasteiger partial charge in [0.2, 0.25) is 0 Å². The summed E-state index contributed by atoms with van der Waals surface area (Å²) in [5.41, 5.74) is 0. The fraction of sp³-hybridized carbons (Fsp3) is 0.750. The van der Waals surface area contributed by atoms with Crippen LogP contribution in [0.25, 0.3) is 0 Å². The predicted octanol–water partition coefficient (Wildman–Crippen LogP) is 3.32. The number of hydrogen-bond acceptors (Lipinski definition) is 2. The van der Waals surface area contributed by atoms with Gasteiger partial charge in [0.1, 0.15) is 6.10 Å². The Kier molecular flexibility index (Phi) is 7.17. The lowest BCUT2D eigenvalue weighted by atomic mass is 10.0. The summed E-state index contributed by atoms with van der Waals surface area (Å²) in [5, 5.41) is 0. The van der Waals surface area contributed by atoms with Crippen molar-refractivity contribution < 1.29 is 9.53 Å². The Bertz CT molecular complexity index is 185. The van der Waals surface area contributed by atoms with Crippen LogP contribution in [0, 0.1) is 5.92 Å². The second-order valence-electron chi connectivity index (χ2n) is 3.79. The molecule has 2 heteroatoms. The quantitative estimate of drug-likeness (QED) is 0.483. The average molecular weight is 198 g/mol.